The second kappa shape index (κ2) is 14.6. The number of piperazine rings is 1. The van der Waals surface area contributed by atoms with Crippen molar-refractivity contribution in [1.82, 2.24) is 20.0 Å². The largest absolute Gasteiger partial charge is 0.370 e. The Labute approximate surface area is 196 Å². The van der Waals surface area contributed by atoms with Crippen molar-refractivity contribution in [3.05, 3.63) is 0 Å². The maximum Gasteiger partial charge on any atom is 0.246 e. The number of Topliss-reactive ketones (excluding diaryl/α,β-unsaturated/α-hetero) is 1. The molecule has 0 aliphatic carbocycles. The van der Waals surface area contributed by atoms with Crippen molar-refractivity contribution in [2.75, 3.05) is 78.7 Å². The molecule has 0 unspecified atom stereocenters. The molecule has 2 aliphatic rings. The SMILES string of the molecule is CC(C)C#CCNC(=O)COCCN1CCN(CC2CCN(CC(=O)C(C)C)CC2)CC1.[HH]. The van der Waals surface area contributed by atoms with Gasteiger partial charge in [-0.25, -0.2) is 0 Å². The van der Waals surface area contributed by atoms with E-state index in [1.165, 1.54) is 19.4 Å². The molecule has 1 N–H and O–H groups in total. The van der Waals surface area contributed by atoms with Crippen molar-refractivity contribution in [3.8, 4) is 11.8 Å². The van der Waals surface area contributed by atoms with Gasteiger partial charge in [0.15, 0.2) is 0 Å². The van der Waals surface area contributed by atoms with Crippen molar-refractivity contribution in [1.29, 1.82) is 0 Å². The molecule has 0 atom stereocenters. The fourth-order valence-electron chi connectivity index (χ4n) is 4.10. The van der Waals surface area contributed by atoms with Crippen LogP contribution in [0.25, 0.3) is 0 Å². The van der Waals surface area contributed by atoms with Gasteiger partial charge in [0.05, 0.1) is 19.7 Å². The first-order valence-electron chi connectivity index (χ1n) is 12.4. The first kappa shape index (κ1) is 26.8. The fraction of sp³-hybridized carbons (Fsp3) is 0.840. The number of rotatable bonds is 11. The molecule has 7 heteroatoms. The van der Waals surface area contributed by atoms with Crippen molar-refractivity contribution in [3.63, 3.8) is 0 Å². The summed E-state index contributed by atoms with van der Waals surface area (Å²) < 4.78 is 5.53. The van der Waals surface area contributed by atoms with Gasteiger partial charge >= 0.3 is 0 Å². The third-order valence-electron chi connectivity index (χ3n) is 6.26. The van der Waals surface area contributed by atoms with Gasteiger partial charge in [-0.1, -0.05) is 39.5 Å². The number of ketones is 1. The summed E-state index contributed by atoms with van der Waals surface area (Å²) in [6.45, 7) is 18.2. The van der Waals surface area contributed by atoms with E-state index in [-0.39, 0.29) is 19.9 Å². The molecule has 2 heterocycles. The summed E-state index contributed by atoms with van der Waals surface area (Å²) in [6, 6.07) is 0. The molecule has 2 rings (SSSR count). The molecule has 0 radical (unpaired) electrons. The number of piperidine rings is 1. The topological polar surface area (TPSA) is 65.1 Å². The first-order chi connectivity index (χ1) is 15.3. The highest BCUT2D eigenvalue weighted by molar-refractivity contribution is 5.82. The summed E-state index contributed by atoms with van der Waals surface area (Å²) in [5, 5.41) is 2.76. The number of amides is 1. The minimum Gasteiger partial charge on any atom is -0.370 e. The Kier molecular flexibility index (Phi) is 12.3. The number of likely N-dealkylation sites (tertiary alicyclic amines) is 1. The van der Waals surface area contributed by atoms with Gasteiger partial charge in [0.25, 0.3) is 0 Å². The van der Waals surface area contributed by atoms with E-state index in [0.717, 1.165) is 51.7 Å². The molecule has 2 fully saturated rings. The van der Waals surface area contributed by atoms with Crippen molar-refractivity contribution in [2.24, 2.45) is 17.8 Å². The smallest absolute Gasteiger partial charge is 0.246 e. The lowest BCUT2D eigenvalue weighted by Crippen LogP contribution is -2.49. The molecule has 7 nitrogen and oxygen atoms in total. The third kappa shape index (κ3) is 10.9. The average molecular weight is 451 g/mol. The number of hydrogen-bond donors (Lipinski definition) is 1. The van der Waals surface area contributed by atoms with Gasteiger partial charge in [0.1, 0.15) is 12.4 Å². The van der Waals surface area contributed by atoms with E-state index >= 15 is 0 Å². The van der Waals surface area contributed by atoms with Crippen LogP contribution in [0.3, 0.4) is 0 Å². The standard InChI is InChI=1S/C25H44N4O3.H2/c1-21(2)6-5-9-26-25(31)20-32-17-16-27-12-14-29(15-13-27)18-23-7-10-28(11-8-23)19-24(30)22(3)4;/h21-23H,7-20H2,1-4H3,(H,26,31);1H. The van der Waals surface area contributed by atoms with Gasteiger partial charge in [0.2, 0.25) is 5.91 Å². The van der Waals surface area contributed by atoms with Gasteiger partial charge in [-0.05, 0) is 31.8 Å². The van der Waals surface area contributed by atoms with Crippen molar-refractivity contribution in [2.45, 2.75) is 40.5 Å². The number of ether oxygens (including phenoxy) is 1. The summed E-state index contributed by atoms with van der Waals surface area (Å²) in [5.41, 5.74) is 0. The number of nitrogens with one attached hydrogen (secondary N) is 1. The van der Waals surface area contributed by atoms with E-state index in [4.69, 9.17) is 4.74 Å². The summed E-state index contributed by atoms with van der Waals surface area (Å²) in [4.78, 5) is 31.0. The highest BCUT2D eigenvalue weighted by atomic mass is 16.5. The molecule has 0 bridgehead atoms. The maximum absolute atomic E-state index is 12.0. The van der Waals surface area contributed by atoms with E-state index in [0.29, 0.717) is 31.4 Å². The predicted octanol–water partition coefficient (Wildman–Crippen LogP) is 1.58. The zero-order chi connectivity index (χ0) is 23.3. The monoisotopic (exact) mass is 450 g/mol. The lowest BCUT2D eigenvalue weighted by atomic mass is 9.95. The van der Waals surface area contributed by atoms with E-state index in [2.05, 4.69) is 31.9 Å². The molecule has 0 saturated carbocycles. The molecule has 2 aliphatic heterocycles. The van der Waals surface area contributed by atoms with E-state index in [1.807, 2.05) is 27.7 Å². The van der Waals surface area contributed by atoms with Crippen LogP contribution in [0.5, 0.6) is 0 Å². The van der Waals surface area contributed by atoms with Gasteiger partial charge in [-0.3, -0.25) is 19.4 Å². The Hall–Kier alpha value is -1.46. The first-order valence-corrected chi connectivity index (χ1v) is 12.4. The van der Waals surface area contributed by atoms with Crippen LogP contribution in [0.4, 0.5) is 0 Å². The Morgan fingerprint density at radius 3 is 2.28 bits per heavy atom. The predicted molar refractivity (Wildman–Crippen MR) is 130 cm³/mol. The second-order valence-corrected chi connectivity index (χ2v) is 9.79. The van der Waals surface area contributed by atoms with Gasteiger partial charge in [-0.2, -0.15) is 0 Å². The van der Waals surface area contributed by atoms with Crippen LogP contribution in [0, 0.1) is 29.6 Å². The van der Waals surface area contributed by atoms with E-state index in [9.17, 15) is 9.59 Å². The zero-order valence-electron chi connectivity index (χ0n) is 20.7. The molecular weight excluding hydrogens is 404 g/mol. The lowest BCUT2D eigenvalue weighted by molar-refractivity contribution is -0.125. The molecule has 0 aromatic carbocycles. The molecule has 1 amide bonds. The van der Waals surface area contributed by atoms with Crippen LogP contribution in [-0.2, 0) is 14.3 Å². The highest BCUT2D eigenvalue weighted by Crippen LogP contribution is 2.19. The van der Waals surface area contributed by atoms with Gasteiger partial charge in [-0.15, -0.1) is 0 Å². The fourth-order valence-corrected chi connectivity index (χ4v) is 4.10. The highest BCUT2D eigenvalue weighted by Gasteiger charge is 2.25. The summed E-state index contributed by atoms with van der Waals surface area (Å²) in [5.74, 6) is 7.43. The van der Waals surface area contributed by atoms with Crippen LogP contribution in [0.15, 0.2) is 0 Å². The van der Waals surface area contributed by atoms with Crippen LogP contribution in [0.1, 0.15) is 42.0 Å². The van der Waals surface area contributed by atoms with Crippen LogP contribution in [-0.4, -0.2) is 105 Å². The maximum atomic E-state index is 12.0. The molecule has 0 aromatic heterocycles. The number of carbonyl (C=O) groups excluding carboxylic acids is 2. The molecule has 0 spiro atoms. The summed E-state index contributed by atoms with van der Waals surface area (Å²) in [6.07, 6.45) is 2.40. The van der Waals surface area contributed by atoms with Gasteiger partial charge in [0, 0.05) is 52.5 Å². The minimum atomic E-state index is -0.104. The van der Waals surface area contributed by atoms with Crippen LogP contribution >= 0.6 is 0 Å². The Morgan fingerprint density at radius 2 is 1.66 bits per heavy atom. The summed E-state index contributed by atoms with van der Waals surface area (Å²) >= 11 is 0. The summed E-state index contributed by atoms with van der Waals surface area (Å²) in [7, 11) is 0. The molecule has 32 heavy (non-hydrogen) atoms. The molecule has 0 aromatic rings. The molecule has 184 valence electrons. The number of nitrogens with zero attached hydrogens (tertiary/aromatic N) is 3. The quantitative estimate of drug-likeness (QED) is 0.381. The zero-order valence-corrected chi connectivity index (χ0v) is 20.7. The second-order valence-electron chi connectivity index (χ2n) is 9.79. The van der Waals surface area contributed by atoms with Gasteiger partial charge < -0.3 is 15.0 Å². The average Bonchev–Trinajstić information content (AvgIpc) is 2.76. The number of hydrogen-bond acceptors (Lipinski definition) is 6. The van der Waals surface area contributed by atoms with Crippen molar-refractivity contribution < 1.29 is 15.8 Å². The van der Waals surface area contributed by atoms with Crippen molar-refractivity contribution >= 4 is 11.7 Å². The van der Waals surface area contributed by atoms with Crippen LogP contribution in [0.2, 0.25) is 0 Å². The lowest BCUT2D eigenvalue weighted by Gasteiger charge is -2.38. The number of carbonyl (C=O) groups is 2. The third-order valence-corrected chi connectivity index (χ3v) is 6.26. The Bertz CT molecular complexity index is 631. The van der Waals surface area contributed by atoms with Crippen LogP contribution < -0.4 is 5.32 Å². The molecular formula is C25H46N4O3. The molecule has 2 saturated heterocycles. The van der Waals surface area contributed by atoms with E-state index < -0.39 is 0 Å². The normalized spacial score (nSPS) is 19.2. The Balaban J connectivity index is 0.00000544. The Morgan fingerprint density at radius 1 is 1.00 bits per heavy atom. The van der Waals surface area contributed by atoms with E-state index in [1.54, 1.807) is 0 Å². The minimum absolute atomic E-state index is 0.